The first-order valence-corrected chi connectivity index (χ1v) is 9.99. The van der Waals surface area contributed by atoms with Crippen LogP contribution in [0.4, 0.5) is 5.95 Å². The highest BCUT2D eigenvalue weighted by atomic mass is 15.4. The van der Waals surface area contributed by atoms with Crippen molar-refractivity contribution in [2.75, 3.05) is 31.6 Å². The van der Waals surface area contributed by atoms with Crippen molar-refractivity contribution in [3.8, 4) is 0 Å². The molecule has 0 spiro atoms. The zero-order chi connectivity index (χ0) is 18.0. The van der Waals surface area contributed by atoms with Crippen molar-refractivity contribution < 1.29 is 0 Å². The molecule has 2 atom stereocenters. The van der Waals surface area contributed by atoms with Crippen LogP contribution in [0.5, 0.6) is 0 Å². The summed E-state index contributed by atoms with van der Waals surface area (Å²) in [6.07, 6.45) is 8.88. The van der Waals surface area contributed by atoms with Crippen LogP contribution in [0.15, 0.2) is 12.4 Å². The van der Waals surface area contributed by atoms with Gasteiger partial charge in [0.05, 0.1) is 0 Å². The summed E-state index contributed by atoms with van der Waals surface area (Å²) >= 11 is 0. The van der Waals surface area contributed by atoms with E-state index in [9.17, 15) is 0 Å². The maximum absolute atomic E-state index is 4.73. The summed E-state index contributed by atoms with van der Waals surface area (Å²) in [5.74, 6) is 0.943. The predicted molar refractivity (Wildman–Crippen MR) is 104 cm³/mol. The number of rotatable bonds is 7. The number of hydrogen-bond donors (Lipinski definition) is 0. The normalized spacial score (nSPS) is 24.1. The highest BCUT2D eigenvalue weighted by Gasteiger charge is 2.41. The van der Waals surface area contributed by atoms with Gasteiger partial charge in [-0.15, -0.1) is 0 Å². The van der Waals surface area contributed by atoms with Gasteiger partial charge in [-0.2, -0.15) is 0 Å². The fourth-order valence-corrected chi connectivity index (χ4v) is 4.08. The molecule has 0 N–H and O–H groups in total. The minimum absolute atomic E-state index is 0.590. The van der Waals surface area contributed by atoms with Gasteiger partial charge in [0.15, 0.2) is 0 Å². The summed E-state index contributed by atoms with van der Waals surface area (Å²) in [5.41, 5.74) is 1.26. The number of anilines is 1. The molecule has 0 aliphatic carbocycles. The Bertz CT molecular complexity index is 528. The van der Waals surface area contributed by atoms with Gasteiger partial charge in [0, 0.05) is 49.7 Å². The number of hydrogen-bond acceptors (Lipinski definition) is 5. The minimum Gasteiger partial charge on any atom is -0.332 e. The van der Waals surface area contributed by atoms with Crippen LogP contribution in [0.1, 0.15) is 52.5 Å². The van der Waals surface area contributed by atoms with E-state index >= 15 is 0 Å². The highest BCUT2D eigenvalue weighted by Crippen LogP contribution is 2.33. The summed E-state index contributed by atoms with van der Waals surface area (Å²) in [6.45, 7) is 12.5. The van der Waals surface area contributed by atoms with Crippen LogP contribution in [-0.4, -0.2) is 70.6 Å². The molecule has 0 amide bonds. The molecule has 2 fully saturated rings. The zero-order valence-electron chi connectivity index (χ0n) is 16.6. The van der Waals surface area contributed by atoms with Gasteiger partial charge in [0.25, 0.3) is 0 Å². The van der Waals surface area contributed by atoms with Crippen LogP contribution >= 0.6 is 0 Å². The van der Waals surface area contributed by atoms with Gasteiger partial charge < -0.3 is 9.80 Å². The zero-order valence-corrected chi connectivity index (χ0v) is 16.6. The predicted octanol–water partition coefficient (Wildman–Crippen LogP) is 2.81. The molecule has 2 unspecified atom stereocenters. The molecule has 25 heavy (non-hydrogen) atoms. The van der Waals surface area contributed by atoms with Gasteiger partial charge in [0.2, 0.25) is 5.95 Å². The van der Waals surface area contributed by atoms with E-state index in [1.807, 2.05) is 12.4 Å². The van der Waals surface area contributed by atoms with Crippen LogP contribution in [0.25, 0.3) is 0 Å². The van der Waals surface area contributed by atoms with Crippen molar-refractivity contribution in [3.63, 3.8) is 0 Å². The quantitative estimate of drug-likeness (QED) is 0.759. The molecule has 0 saturated carbocycles. The van der Waals surface area contributed by atoms with Crippen LogP contribution in [0.2, 0.25) is 0 Å². The Balaban J connectivity index is 1.56. The SMILES string of the molecule is CC(C)N(C)CCCc1cnc(N2C3CCC2CN(C(C)C)C3)nc1. The summed E-state index contributed by atoms with van der Waals surface area (Å²) in [6, 6.07) is 2.43. The lowest BCUT2D eigenvalue weighted by atomic mass is 10.1. The lowest BCUT2D eigenvalue weighted by molar-refractivity contribution is 0.176. The van der Waals surface area contributed by atoms with E-state index < -0.39 is 0 Å². The number of aryl methyl sites for hydroxylation is 1. The molecule has 140 valence electrons. The third-order valence-corrected chi connectivity index (χ3v) is 6.02. The molecule has 3 heterocycles. The van der Waals surface area contributed by atoms with Crippen LogP contribution in [0, 0.1) is 0 Å². The van der Waals surface area contributed by atoms with Crippen molar-refractivity contribution in [3.05, 3.63) is 18.0 Å². The summed E-state index contributed by atoms with van der Waals surface area (Å²) < 4.78 is 0. The molecule has 2 saturated heterocycles. The fourth-order valence-electron chi connectivity index (χ4n) is 4.08. The lowest BCUT2D eigenvalue weighted by Gasteiger charge is -2.42. The molecule has 1 aromatic heterocycles. The Hall–Kier alpha value is -1.20. The Morgan fingerprint density at radius 1 is 1.08 bits per heavy atom. The van der Waals surface area contributed by atoms with Crippen molar-refractivity contribution in [1.82, 2.24) is 19.8 Å². The van der Waals surface area contributed by atoms with Crippen molar-refractivity contribution in [2.24, 2.45) is 0 Å². The van der Waals surface area contributed by atoms with E-state index in [0.29, 0.717) is 24.2 Å². The second kappa shape index (κ2) is 8.00. The highest BCUT2D eigenvalue weighted by molar-refractivity contribution is 5.37. The van der Waals surface area contributed by atoms with Gasteiger partial charge in [-0.3, -0.25) is 4.90 Å². The average Bonchev–Trinajstić information content (AvgIpc) is 2.84. The topological polar surface area (TPSA) is 35.5 Å². The largest absolute Gasteiger partial charge is 0.332 e. The lowest BCUT2D eigenvalue weighted by Crippen LogP contribution is -2.56. The Labute approximate surface area is 153 Å². The van der Waals surface area contributed by atoms with Gasteiger partial charge in [-0.1, -0.05) is 0 Å². The first kappa shape index (κ1) is 18.6. The van der Waals surface area contributed by atoms with E-state index in [2.05, 4.69) is 49.4 Å². The number of piperazine rings is 1. The van der Waals surface area contributed by atoms with Gasteiger partial charge in [-0.25, -0.2) is 9.97 Å². The first-order valence-electron chi connectivity index (χ1n) is 9.99. The van der Waals surface area contributed by atoms with Crippen molar-refractivity contribution in [2.45, 2.75) is 77.5 Å². The molecular formula is C20H35N5. The van der Waals surface area contributed by atoms with Gasteiger partial charge in [0.1, 0.15) is 0 Å². The van der Waals surface area contributed by atoms with Crippen LogP contribution < -0.4 is 4.90 Å². The van der Waals surface area contributed by atoms with Gasteiger partial charge >= 0.3 is 0 Å². The molecule has 3 rings (SSSR count). The molecule has 5 nitrogen and oxygen atoms in total. The first-order chi connectivity index (χ1) is 12.0. The number of fused-ring (bicyclic) bond motifs is 2. The maximum atomic E-state index is 4.73. The molecule has 2 aliphatic rings. The van der Waals surface area contributed by atoms with Gasteiger partial charge in [-0.05, 0) is 72.5 Å². The Morgan fingerprint density at radius 2 is 1.68 bits per heavy atom. The van der Waals surface area contributed by atoms with Crippen LogP contribution in [-0.2, 0) is 6.42 Å². The molecule has 2 bridgehead atoms. The third-order valence-electron chi connectivity index (χ3n) is 6.02. The molecule has 0 radical (unpaired) electrons. The minimum atomic E-state index is 0.590. The maximum Gasteiger partial charge on any atom is 0.225 e. The number of aromatic nitrogens is 2. The Morgan fingerprint density at radius 3 is 2.20 bits per heavy atom. The molecular weight excluding hydrogens is 310 g/mol. The van der Waals surface area contributed by atoms with E-state index in [-0.39, 0.29) is 0 Å². The number of likely N-dealkylation sites (tertiary alicyclic amines) is 1. The fraction of sp³-hybridized carbons (Fsp3) is 0.800. The van der Waals surface area contributed by atoms with E-state index in [4.69, 9.17) is 9.97 Å². The molecule has 5 heteroatoms. The third kappa shape index (κ3) is 4.32. The Kier molecular flexibility index (Phi) is 5.95. The average molecular weight is 346 g/mol. The van der Waals surface area contributed by atoms with E-state index in [1.165, 1.54) is 18.4 Å². The standard InChI is InChI=1S/C20H35N5/c1-15(2)23(5)10-6-7-17-11-21-20(22-12-17)25-18-8-9-19(25)14-24(13-18)16(3)4/h11-12,15-16,18-19H,6-10,13-14H2,1-5H3. The van der Waals surface area contributed by atoms with E-state index in [1.54, 1.807) is 0 Å². The van der Waals surface area contributed by atoms with Crippen LogP contribution in [0.3, 0.4) is 0 Å². The summed E-state index contributed by atoms with van der Waals surface area (Å²) in [4.78, 5) is 17.0. The second-order valence-electron chi connectivity index (χ2n) is 8.41. The number of nitrogens with zero attached hydrogens (tertiary/aromatic N) is 5. The van der Waals surface area contributed by atoms with Crippen molar-refractivity contribution >= 4 is 5.95 Å². The van der Waals surface area contributed by atoms with E-state index in [0.717, 1.165) is 38.4 Å². The smallest absolute Gasteiger partial charge is 0.225 e. The summed E-state index contributed by atoms with van der Waals surface area (Å²) in [5, 5.41) is 0. The van der Waals surface area contributed by atoms with Crippen molar-refractivity contribution in [1.29, 1.82) is 0 Å². The molecule has 1 aromatic rings. The second-order valence-corrected chi connectivity index (χ2v) is 8.41. The monoisotopic (exact) mass is 345 g/mol. The molecule has 0 aromatic carbocycles. The molecule has 2 aliphatic heterocycles. The summed E-state index contributed by atoms with van der Waals surface area (Å²) in [7, 11) is 2.19.